The molecule has 0 aromatic carbocycles. The van der Waals surface area contributed by atoms with Crippen LogP contribution in [0.3, 0.4) is 0 Å². The molecule has 2 atom stereocenters. The second kappa shape index (κ2) is 6.36. The third-order valence-corrected chi connectivity index (χ3v) is 3.97. The Morgan fingerprint density at radius 2 is 1.71 bits per heavy atom. The number of rotatable bonds is 4. The summed E-state index contributed by atoms with van der Waals surface area (Å²) in [4.78, 5) is 11.7. The van der Waals surface area contributed by atoms with Crippen molar-refractivity contribution >= 4 is 5.91 Å². The third-order valence-electron chi connectivity index (χ3n) is 3.97. The highest BCUT2D eigenvalue weighted by atomic mass is 16.3. The van der Waals surface area contributed by atoms with Gasteiger partial charge in [0.1, 0.15) is 0 Å². The molecule has 17 heavy (non-hydrogen) atoms. The maximum Gasteiger partial charge on any atom is 0.234 e. The van der Waals surface area contributed by atoms with Gasteiger partial charge in [-0.05, 0) is 25.7 Å². The second-order valence-electron chi connectivity index (χ2n) is 5.39. The Hall–Kier alpha value is -0.610. The topological polar surface area (TPSA) is 61.4 Å². The molecule has 2 fully saturated rings. The zero-order chi connectivity index (χ0) is 12.1. The lowest BCUT2D eigenvalue weighted by Gasteiger charge is -2.28. The molecule has 1 amide bonds. The molecule has 0 saturated heterocycles. The first-order chi connectivity index (χ1) is 8.25. The monoisotopic (exact) mass is 240 g/mol. The van der Waals surface area contributed by atoms with Gasteiger partial charge < -0.3 is 15.7 Å². The fourth-order valence-corrected chi connectivity index (χ4v) is 2.92. The summed E-state index contributed by atoms with van der Waals surface area (Å²) < 4.78 is 0. The van der Waals surface area contributed by atoms with Crippen LogP contribution in [0.4, 0.5) is 0 Å². The van der Waals surface area contributed by atoms with Crippen molar-refractivity contribution in [3.8, 4) is 0 Å². The second-order valence-corrected chi connectivity index (χ2v) is 5.39. The van der Waals surface area contributed by atoms with Gasteiger partial charge in [-0.3, -0.25) is 4.79 Å². The van der Waals surface area contributed by atoms with Crippen molar-refractivity contribution in [1.29, 1.82) is 0 Å². The number of nitrogens with one attached hydrogen (secondary N) is 2. The molecule has 0 aromatic rings. The predicted octanol–water partition coefficient (Wildman–Crippen LogP) is 0.938. The number of aliphatic hydroxyl groups is 1. The van der Waals surface area contributed by atoms with Gasteiger partial charge in [0.2, 0.25) is 5.91 Å². The van der Waals surface area contributed by atoms with Gasteiger partial charge in [0.15, 0.2) is 0 Å². The van der Waals surface area contributed by atoms with E-state index in [9.17, 15) is 9.90 Å². The van der Waals surface area contributed by atoms with Crippen LogP contribution in [-0.4, -0.2) is 35.7 Å². The molecule has 2 unspecified atom stereocenters. The number of hydrogen-bond acceptors (Lipinski definition) is 3. The molecule has 0 heterocycles. The van der Waals surface area contributed by atoms with Crippen LogP contribution in [0.25, 0.3) is 0 Å². The maximum absolute atomic E-state index is 11.7. The van der Waals surface area contributed by atoms with Crippen LogP contribution in [-0.2, 0) is 4.79 Å². The number of hydrogen-bond donors (Lipinski definition) is 3. The predicted molar refractivity (Wildman–Crippen MR) is 66.7 cm³/mol. The molecule has 4 nitrogen and oxygen atoms in total. The number of carbonyl (C=O) groups is 1. The van der Waals surface area contributed by atoms with Crippen molar-refractivity contribution in [2.24, 2.45) is 0 Å². The standard InChI is InChI=1S/C13H24N2O2/c16-12-8-4-3-7-11(12)14-9-13(17)15-10-5-1-2-6-10/h10-12,14,16H,1-9H2,(H,15,17). The Kier molecular flexibility index (Phi) is 4.80. The Balaban J connectivity index is 1.64. The third kappa shape index (κ3) is 3.96. The van der Waals surface area contributed by atoms with Gasteiger partial charge >= 0.3 is 0 Å². The van der Waals surface area contributed by atoms with Crippen LogP contribution in [0.2, 0.25) is 0 Å². The molecule has 2 saturated carbocycles. The molecule has 0 spiro atoms. The SMILES string of the molecule is O=C(CNC1CCCCC1O)NC1CCCC1. The van der Waals surface area contributed by atoms with Crippen LogP contribution in [0.15, 0.2) is 0 Å². The molecule has 2 aliphatic carbocycles. The Morgan fingerprint density at radius 1 is 1.06 bits per heavy atom. The highest BCUT2D eigenvalue weighted by Crippen LogP contribution is 2.18. The first-order valence-electron chi connectivity index (χ1n) is 6.96. The van der Waals surface area contributed by atoms with E-state index in [-0.39, 0.29) is 18.1 Å². The molecule has 0 aliphatic heterocycles. The Labute approximate surface area is 103 Å². The minimum absolute atomic E-state index is 0.0784. The van der Waals surface area contributed by atoms with Gasteiger partial charge in [0.25, 0.3) is 0 Å². The number of carbonyl (C=O) groups excluding carboxylic acids is 1. The fraction of sp³-hybridized carbons (Fsp3) is 0.923. The molecule has 0 bridgehead atoms. The molecule has 2 aliphatic rings. The van der Waals surface area contributed by atoms with E-state index in [1.807, 2.05) is 0 Å². The van der Waals surface area contributed by atoms with E-state index in [0.29, 0.717) is 12.6 Å². The van der Waals surface area contributed by atoms with Gasteiger partial charge in [-0.25, -0.2) is 0 Å². The summed E-state index contributed by atoms with van der Waals surface area (Å²) in [6.07, 6.45) is 8.55. The van der Waals surface area contributed by atoms with Gasteiger partial charge in [-0.15, -0.1) is 0 Å². The summed E-state index contributed by atoms with van der Waals surface area (Å²) in [6, 6.07) is 0.499. The lowest BCUT2D eigenvalue weighted by molar-refractivity contribution is -0.121. The van der Waals surface area contributed by atoms with Gasteiger partial charge in [-0.1, -0.05) is 25.7 Å². The molecular formula is C13H24N2O2. The lowest BCUT2D eigenvalue weighted by Crippen LogP contribution is -2.47. The van der Waals surface area contributed by atoms with Crippen molar-refractivity contribution in [3.63, 3.8) is 0 Å². The van der Waals surface area contributed by atoms with Gasteiger partial charge in [0.05, 0.1) is 12.6 Å². The maximum atomic E-state index is 11.7. The van der Waals surface area contributed by atoms with E-state index in [2.05, 4.69) is 10.6 Å². The van der Waals surface area contributed by atoms with E-state index < -0.39 is 0 Å². The Morgan fingerprint density at radius 3 is 2.41 bits per heavy atom. The molecule has 0 aromatic heterocycles. The van der Waals surface area contributed by atoms with Crippen molar-refractivity contribution in [3.05, 3.63) is 0 Å². The van der Waals surface area contributed by atoms with Crippen molar-refractivity contribution in [2.75, 3.05) is 6.54 Å². The first-order valence-corrected chi connectivity index (χ1v) is 6.96. The normalized spacial score (nSPS) is 30.4. The van der Waals surface area contributed by atoms with Crippen LogP contribution in [0.5, 0.6) is 0 Å². The number of aliphatic hydroxyl groups excluding tert-OH is 1. The zero-order valence-electron chi connectivity index (χ0n) is 10.5. The largest absolute Gasteiger partial charge is 0.392 e. The van der Waals surface area contributed by atoms with Crippen LogP contribution >= 0.6 is 0 Å². The smallest absolute Gasteiger partial charge is 0.234 e. The van der Waals surface area contributed by atoms with E-state index in [1.54, 1.807) is 0 Å². The molecule has 0 radical (unpaired) electrons. The van der Waals surface area contributed by atoms with Gasteiger partial charge in [-0.2, -0.15) is 0 Å². The minimum atomic E-state index is -0.275. The highest BCUT2D eigenvalue weighted by molar-refractivity contribution is 5.78. The first kappa shape index (κ1) is 12.8. The van der Waals surface area contributed by atoms with E-state index in [0.717, 1.165) is 38.5 Å². The van der Waals surface area contributed by atoms with Crippen LogP contribution in [0, 0.1) is 0 Å². The summed E-state index contributed by atoms with van der Waals surface area (Å²) in [5.74, 6) is 0.0784. The lowest BCUT2D eigenvalue weighted by atomic mass is 9.92. The summed E-state index contributed by atoms with van der Waals surface area (Å²) in [5.41, 5.74) is 0. The van der Waals surface area contributed by atoms with Crippen molar-refractivity contribution in [2.45, 2.75) is 69.6 Å². The molecule has 3 N–H and O–H groups in total. The number of amides is 1. The summed E-state index contributed by atoms with van der Waals surface area (Å²) >= 11 is 0. The highest BCUT2D eigenvalue weighted by Gasteiger charge is 2.23. The summed E-state index contributed by atoms with van der Waals surface area (Å²) in [6.45, 7) is 0.345. The van der Waals surface area contributed by atoms with Crippen LogP contribution in [0.1, 0.15) is 51.4 Å². The molecule has 4 heteroatoms. The average molecular weight is 240 g/mol. The van der Waals surface area contributed by atoms with Crippen LogP contribution < -0.4 is 10.6 Å². The fourth-order valence-electron chi connectivity index (χ4n) is 2.92. The van der Waals surface area contributed by atoms with Crippen molar-refractivity contribution in [1.82, 2.24) is 10.6 Å². The molecular weight excluding hydrogens is 216 g/mol. The average Bonchev–Trinajstić information content (AvgIpc) is 2.81. The minimum Gasteiger partial charge on any atom is -0.392 e. The van der Waals surface area contributed by atoms with Crippen molar-refractivity contribution < 1.29 is 9.90 Å². The van der Waals surface area contributed by atoms with E-state index in [1.165, 1.54) is 12.8 Å². The van der Waals surface area contributed by atoms with E-state index in [4.69, 9.17) is 0 Å². The molecule has 98 valence electrons. The zero-order valence-corrected chi connectivity index (χ0v) is 10.5. The summed E-state index contributed by atoms with van der Waals surface area (Å²) in [5, 5.41) is 16.0. The Bertz CT molecular complexity index is 252. The van der Waals surface area contributed by atoms with E-state index >= 15 is 0 Å². The quantitative estimate of drug-likeness (QED) is 0.685. The summed E-state index contributed by atoms with van der Waals surface area (Å²) in [7, 11) is 0. The van der Waals surface area contributed by atoms with Gasteiger partial charge in [0, 0.05) is 12.1 Å². The molecule has 2 rings (SSSR count).